The number of thiophene rings is 1. The summed E-state index contributed by atoms with van der Waals surface area (Å²) < 4.78 is 73.9. The first-order chi connectivity index (χ1) is 9.72. The summed E-state index contributed by atoms with van der Waals surface area (Å²) in [5, 5.41) is 6.11. The molecule has 0 aliphatic rings. The molecule has 1 aromatic heterocycles. The molecular formula is C12H9F4NO2S2. The van der Waals surface area contributed by atoms with Gasteiger partial charge in [0.2, 0.25) is 0 Å². The van der Waals surface area contributed by atoms with Gasteiger partial charge in [0.1, 0.15) is 10.7 Å². The Hall–Kier alpha value is -1.61. The van der Waals surface area contributed by atoms with Crippen molar-refractivity contribution >= 4 is 26.9 Å². The summed E-state index contributed by atoms with van der Waals surface area (Å²) in [6, 6.07) is 3.96. The highest BCUT2D eigenvalue weighted by Gasteiger charge is 2.48. The average Bonchev–Trinajstić information content (AvgIpc) is 2.89. The van der Waals surface area contributed by atoms with Crippen LogP contribution in [0, 0.1) is 5.82 Å². The number of hydrogen-bond donors (Lipinski definition) is 1. The van der Waals surface area contributed by atoms with Gasteiger partial charge in [-0.25, -0.2) is 12.8 Å². The molecule has 0 saturated carbocycles. The fourth-order valence-electron chi connectivity index (χ4n) is 1.58. The van der Waals surface area contributed by atoms with Gasteiger partial charge in [0.15, 0.2) is 0 Å². The molecule has 0 aliphatic carbocycles. The van der Waals surface area contributed by atoms with E-state index in [1.54, 1.807) is 16.8 Å². The standard InChI is InChI=1S/C12H9F4NO2S2/c13-9-1-2-10(17-6-8-3-4-20-7-8)11(5-9)21(18,19)12(14,15)16/h1-5,7,17H,6H2. The normalized spacial score (nSPS) is 12.4. The minimum Gasteiger partial charge on any atom is -0.380 e. The molecule has 0 spiro atoms. The van der Waals surface area contributed by atoms with Crippen molar-refractivity contribution in [1.29, 1.82) is 0 Å². The van der Waals surface area contributed by atoms with E-state index in [-0.39, 0.29) is 12.2 Å². The maximum atomic E-state index is 13.1. The van der Waals surface area contributed by atoms with Crippen molar-refractivity contribution in [3.63, 3.8) is 0 Å². The zero-order chi connectivity index (χ0) is 15.7. The van der Waals surface area contributed by atoms with E-state index in [0.29, 0.717) is 6.07 Å². The summed E-state index contributed by atoms with van der Waals surface area (Å²) in [6.45, 7) is 0.134. The third-order valence-corrected chi connectivity index (χ3v) is 4.86. The number of nitrogens with one attached hydrogen (secondary N) is 1. The topological polar surface area (TPSA) is 46.2 Å². The molecule has 0 radical (unpaired) electrons. The zero-order valence-electron chi connectivity index (χ0n) is 10.3. The third kappa shape index (κ3) is 3.35. The Balaban J connectivity index is 2.39. The number of benzene rings is 1. The lowest BCUT2D eigenvalue weighted by Gasteiger charge is -2.14. The molecule has 0 saturated heterocycles. The number of anilines is 1. The largest absolute Gasteiger partial charge is 0.501 e. The molecular weight excluding hydrogens is 330 g/mol. The summed E-state index contributed by atoms with van der Waals surface area (Å²) in [5.74, 6) is -1.06. The Morgan fingerprint density at radius 3 is 2.48 bits per heavy atom. The third-order valence-electron chi connectivity index (χ3n) is 2.60. The van der Waals surface area contributed by atoms with Gasteiger partial charge in [-0.1, -0.05) is 0 Å². The van der Waals surface area contributed by atoms with E-state index >= 15 is 0 Å². The van der Waals surface area contributed by atoms with Crippen molar-refractivity contribution in [2.75, 3.05) is 5.32 Å². The lowest BCUT2D eigenvalue weighted by Crippen LogP contribution is -2.24. The first-order valence-corrected chi connectivity index (χ1v) is 8.00. The molecule has 0 aliphatic heterocycles. The van der Waals surface area contributed by atoms with Gasteiger partial charge < -0.3 is 5.32 Å². The van der Waals surface area contributed by atoms with Crippen LogP contribution < -0.4 is 5.32 Å². The van der Waals surface area contributed by atoms with Gasteiger partial charge in [-0.15, -0.1) is 0 Å². The van der Waals surface area contributed by atoms with Crippen molar-refractivity contribution in [2.45, 2.75) is 16.9 Å². The van der Waals surface area contributed by atoms with Gasteiger partial charge in [-0.3, -0.25) is 0 Å². The molecule has 2 aromatic rings. The van der Waals surface area contributed by atoms with Crippen molar-refractivity contribution in [2.24, 2.45) is 0 Å². The van der Waals surface area contributed by atoms with Crippen LogP contribution in [0.15, 0.2) is 39.9 Å². The molecule has 2 rings (SSSR count). The monoisotopic (exact) mass is 339 g/mol. The Bertz CT molecular complexity index is 724. The molecule has 21 heavy (non-hydrogen) atoms. The van der Waals surface area contributed by atoms with E-state index in [2.05, 4.69) is 5.32 Å². The van der Waals surface area contributed by atoms with Gasteiger partial charge >= 0.3 is 5.51 Å². The molecule has 3 nitrogen and oxygen atoms in total. The van der Waals surface area contributed by atoms with Crippen LogP contribution in [-0.2, 0) is 16.4 Å². The Morgan fingerprint density at radius 2 is 1.90 bits per heavy atom. The number of rotatable bonds is 4. The summed E-state index contributed by atoms with van der Waals surface area (Å²) in [7, 11) is -5.62. The second kappa shape index (κ2) is 5.64. The highest BCUT2D eigenvalue weighted by molar-refractivity contribution is 7.92. The van der Waals surface area contributed by atoms with E-state index < -0.39 is 26.1 Å². The van der Waals surface area contributed by atoms with Crippen LogP contribution in [0.1, 0.15) is 5.56 Å². The molecule has 0 atom stereocenters. The van der Waals surface area contributed by atoms with E-state index in [9.17, 15) is 26.0 Å². The fourth-order valence-corrected chi connectivity index (χ4v) is 3.20. The first kappa shape index (κ1) is 15.8. The molecule has 1 heterocycles. The van der Waals surface area contributed by atoms with Crippen LogP contribution in [0.25, 0.3) is 0 Å². The van der Waals surface area contributed by atoms with Gasteiger partial charge in [-0.2, -0.15) is 24.5 Å². The van der Waals surface area contributed by atoms with E-state index in [4.69, 9.17) is 0 Å². The van der Waals surface area contributed by atoms with Crippen molar-refractivity contribution < 1.29 is 26.0 Å². The molecule has 0 unspecified atom stereocenters. The molecule has 1 aromatic carbocycles. The molecule has 0 bridgehead atoms. The number of alkyl halides is 3. The van der Waals surface area contributed by atoms with Gasteiger partial charge in [0.05, 0.1) is 5.69 Å². The van der Waals surface area contributed by atoms with Crippen LogP contribution in [0.2, 0.25) is 0 Å². The predicted octanol–water partition coefficient (Wildman–Crippen LogP) is 3.79. The SMILES string of the molecule is O=S(=O)(c1cc(F)ccc1NCc1ccsc1)C(F)(F)F. The Kier molecular flexibility index (Phi) is 4.24. The molecule has 9 heteroatoms. The molecule has 0 fully saturated rings. The summed E-state index contributed by atoms with van der Waals surface area (Å²) in [6.07, 6.45) is 0. The lowest BCUT2D eigenvalue weighted by molar-refractivity contribution is -0.0435. The lowest BCUT2D eigenvalue weighted by atomic mass is 10.3. The minimum absolute atomic E-state index is 0.134. The predicted molar refractivity (Wildman–Crippen MR) is 71.3 cm³/mol. The van der Waals surface area contributed by atoms with Gasteiger partial charge in [0.25, 0.3) is 9.84 Å². The number of sulfone groups is 1. The van der Waals surface area contributed by atoms with E-state index in [0.717, 1.165) is 17.7 Å². The van der Waals surface area contributed by atoms with E-state index in [1.165, 1.54) is 11.3 Å². The second-order valence-electron chi connectivity index (χ2n) is 4.07. The number of hydrogen-bond acceptors (Lipinski definition) is 4. The molecule has 114 valence electrons. The average molecular weight is 339 g/mol. The zero-order valence-corrected chi connectivity index (χ0v) is 11.9. The van der Waals surface area contributed by atoms with Crippen LogP contribution in [0.3, 0.4) is 0 Å². The number of halogens is 4. The molecule has 0 amide bonds. The molecule has 1 N–H and O–H groups in total. The van der Waals surface area contributed by atoms with Gasteiger partial charge in [0, 0.05) is 6.54 Å². The van der Waals surface area contributed by atoms with Crippen LogP contribution in [0.4, 0.5) is 23.2 Å². The van der Waals surface area contributed by atoms with Crippen molar-refractivity contribution in [3.05, 3.63) is 46.4 Å². The maximum absolute atomic E-state index is 13.1. The Morgan fingerprint density at radius 1 is 1.19 bits per heavy atom. The quantitative estimate of drug-likeness (QED) is 0.862. The van der Waals surface area contributed by atoms with Crippen molar-refractivity contribution in [1.82, 2.24) is 0 Å². The summed E-state index contributed by atoms with van der Waals surface area (Å²) >= 11 is 1.39. The highest BCUT2D eigenvalue weighted by atomic mass is 32.2. The second-order valence-corrected chi connectivity index (χ2v) is 6.76. The van der Waals surface area contributed by atoms with Crippen LogP contribution in [-0.4, -0.2) is 13.9 Å². The summed E-state index contributed by atoms with van der Waals surface area (Å²) in [5.41, 5.74) is -5.00. The van der Waals surface area contributed by atoms with Crippen LogP contribution in [0.5, 0.6) is 0 Å². The highest BCUT2D eigenvalue weighted by Crippen LogP contribution is 2.35. The maximum Gasteiger partial charge on any atom is 0.501 e. The van der Waals surface area contributed by atoms with Crippen LogP contribution >= 0.6 is 11.3 Å². The smallest absolute Gasteiger partial charge is 0.380 e. The van der Waals surface area contributed by atoms with Gasteiger partial charge in [-0.05, 0) is 40.6 Å². The summed E-state index contributed by atoms with van der Waals surface area (Å²) in [4.78, 5) is -1.12. The van der Waals surface area contributed by atoms with E-state index in [1.807, 2.05) is 0 Å². The first-order valence-electron chi connectivity index (χ1n) is 5.57. The Labute approximate surface area is 122 Å². The van der Waals surface area contributed by atoms with Crippen molar-refractivity contribution in [3.8, 4) is 0 Å². The fraction of sp³-hybridized carbons (Fsp3) is 0.167. The minimum atomic E-state index is -5.62.